The Morgan fingerprint density at radius 3 is 2.79 bits per heavy atom. The lowest BCUT2D eigenvalue weighted by Gasteiger charge is -2.17. The SMILES string of the molecule is N#Cc1cccc(NC(=O)[C@H]2CC(=O)N(c3ccccc3F)C2)c1. The normalized spacial score (nSPS) is 16.8. The molecule has 3 rings (SSSR count). The van der Waals surface area contributed by atoms with Crippen molar-refractivity contribution in [2.24, 2.45) is 5.92 Å². The predicted molar refractivity (Wildman–Crippen MR) is 86.6 cm³/mol. The van der Waals surface area contributed by atoms with Crippen molar-refractivity contribution in [3.8, 4) is 6.07 Å². The van der Waals surface area contributed by atoms with Crippen molar-refractivity contribution >= 4 is 23.2 Å². The van der Waals surface area contributed by atoms with Gasteiger partial charge in [-0.05, 0) is 30.3 Å². The van der Waals surface area contributed by atoms with E-state index in [4.69, 9.17) is 5.26 Å². The van der Waals surface area contributed by atoms with E-state index >= 15 is 0 Å². The Bertz CT molecular complexity index is 844. The van der Waals surface area contributed by atoms with Crippen LogP contribution in [-0.2, 0) is 9.59 Å². The highest BCUT2D eigenvalue weighted by molar-refractivity contribution is 6.03. The summed E-state index contributed by atoms with van der Waals surface area (Å²) in [7, 11) is 0. The molecule has 0 bridgehead atoms. The first kappa shape index (κ1) is 15.7. The molecule has 0 spiro atoms. The van der Waals surface area contributed by atoms with Crippen LogP contribution in [0, 0.1) is 23.1 Å². The minimum Gasteiger partial charge on any atom is -0.326 e. The van der Waals surface area contributed by atoms with Gasteiger partial charge < -0.3 is 10.2 Å². The number of amides is 2. The van der Waals surface area contributed by atoms with Gasteiger partial charge in [-0.1, -0.05) is 18.2 Å². The summed E-state index contributed by atoms with van der Waals surface area (Å²) in [5.74, 6) is -1.67. The molecular formula is C18H14FN3O2. The molecular weight excluding hydrogens is 309 g/mol. The van der Waals surface area contributed by atoms with E-state index in [1.807, 2.05) is 6.07 Å². The lowest BCUT2D eigenvalue weighted by molar-refractivity contribution is -0.122. The molecule has 2 aromatic carbocycles. The van der Waals surface area contributed by atoms with Gasteiger partial charge in [0.05, 0.1) is 23.2 Å². The molecule has 1 saturated heterocycles. The maximum atomic E-state index is 13.8. The van der Waals surface area contributed by atoms with Gasteiger partial charge in [-0.2, -0.15) is 5.26 Å². The van der Waals surface area contributed by atoms with Crippen molar-refractivity contribution in [1.29, 1.82) is 5.26 Å². The third-order valence-electron chi connectivity index (χ3n) is 3.90. The molecule has 24 heavy (non-hydrogen) atoms. The molecule has 1 atom stereocenters. The van der Waals surface area contributed by atoms with Crippen molar-refractivity contribution in [2.45, 2.75) is 6.42 Å². The van der Waals surface area contributed by atoms with Gasteiger partial charge in [-0.25, -0.2) is 4.39 Å². The van der Waals surface area contributed by atoms with Gasteiger partial charge in [-0.3, -0.25) is 9.59 Å². The van der Waals surface area contributed by atoms with Gasteiger partial charge in [0.15, 0.2) is 0 Å². The number of hydrogen-bond acceptors (Lipinski definition) is 3. The Morgan fingerprint density at radius 1 is 1.25 bits per heavy atom. The third-order valence-corrected chi connectivity index (χ3v) is 3.90. The third kappa shape index (κ3) is 3.10. The number of nitrogens with zero attached hydrogens (tertiary/aromatic N) is 2. The Hall–Kier alpha value is -3.20. The molecule has 1 N–H and O–H groups in total. The molecule has 0 saturated carbocycles. The molecule has 2 aromatic rings. The van der Waals surface area contributed by atoms with Crippen LogP contribution in [-0.4, -0.2) is 18.4 Å². The van der Waals surface area contributed by atoms with Crippen molar-refractivity contribution < 1.29 is 14.0 Å². The van der Waals surface area contributed by atoms with E-state index in [0.29, 0.717) is 11.3 Å². The summed E-state index contributed by atoms with van der Waals surface area (Å²) in [6.07, 6.45) is 0.0259. The van der Waals surface area contributed by atoms with Crippen molar-refractivity contribution in [3.05, 3.63) is 59.9 Å². The minimum atomic E-state index is -0.567. The second-order valence-electron chi connectivity index (χ2n) is 5.54. The first-order valence-electron chi connectivity index (χ1n) is 7.44. The van der Waals surface area contributed by atoms with Crippen LogP contribution in [0.2, 0.25) is 0 Å². The highest BCUT2D eigenvalue weighted by Crippen LogP contribution is 2.28. The molecule has 5 nitrogen and oxygen atoms in total. The second-order valence-corrected chi connectivity index (χ2v) is 5.54. The number of hydrogen-bond donors (Lipinski definition) is 1. The van der Waals surface area contributed by atoms with Crippen molar-refractivity contribution in [1.82, 2.24) is 0 Å². The molecule has 0 radical (unpaired) electrons. The summed E-state index contributed by atoms with van der Waals surface area (Å²) in [4.78, 5) is 25.8. The van der Waals surface area contributed by atoms with Crippen LogP contribution in [0.5, 0.6) is 0 Å². The fraction of sp³-hybridized carbons (Fsp3) is 0.167. The van der Waals surface area contributed by atoms with E-state index < -0.39 is 11.7 Å². The van der Waals surface area contributed by atoms with Gasteiger partial charge in [0.2, 0.25) is 11.8 Å². The lowest BCUT2D eigenvalue weighted by atomic mass is 10.1. The summed E-state index contributed by atoms with van der Waals surface area (Å²) in [6.45, 7) is 0.129. The van der Waals surface area contributed by atoms with E-state index in [2.05, 4.69) is 5.32 Å². The number of carbonyl (C=O) groups is 2. The fourth-order valence-electron chi connectivity index (χ4n) is 2.70. The van der Waals surface area contributed by atoms with Crippen LogP contribution in [0.15, 0.2) is 48.5 Å². The molecule has 0 aromatic heterocycles. The number of anilines is 2. The molecule has 120 valence electrons. The Kier molecular flexibility index (Phi) is 4.25. The minimum absolute atomic E-state index is 0.0259. The first-order valence-corrected chi connectivity index (χ1v) is 7.44. The van der Waals surface area contributed by atoms with Crippen molar-refractivity contribution in [2.75, 3.05) is 16.8 Å². The smallest absolute Gasteiger partial charge is 0.229 e. The molecule has 1 aliphatic heterocycles. The molecule has 0 unspecified atom stereocenters. The number of carbonyl (C=O) groups excluding carboxylic acids is 2. The highest BCUT2D eigenvalue weighted by atomic mass is 19.1. The zero-order chi connectivity index (χ0) is 17.1. The fourth-order valence-corrected chi connectivity index (χ4v) is 2.70. The number of para-hydroxylation sites is 1. The number of rotatable bonds is 3. The van der Waals surface area contributed by atoms with Crippen LogP contribution >= 0.6 is 0 Å². The predicted octanol–water partition coefficient (Wildman–Crippen LogP) is 2.69. The maximum Gasteiger partial charge on any atom is 0.229 e. The number of nitrogens with one attached hydrogen (secondary N) is 1. The summed E-state index contributed by atoms with van der Waals surface area (Å²) in [6, 6.07) is 14.5. The van der Waals surface area contributed by atoms with Crippen LogP contribution in [0.3, 0.4) is 0 Å². The van der Waals surface area contributed by atoms with Gasteiger partial charge in [-0.15, -0.1) is 0 Å². The average Bonchev–Trinajstić information content (AvgIpc) is 2.97. The molecule has 2 amide bonds. The zero-order valence-corrected chi connectivity index (χ0v) is 12.7. The molecule has 1 aliphatic rings. The second kappa shape index (κ2) is 6.50. The summed E-state index contributed by atoms with van der Waals surface area (Å²) >= 11 is 0. The number of benzene rings is 2. The number of nitriles is 1. The quantitative estimate of drug-likeness (QED) is 0.944. The highest BCUT2D eigenvalue weighted by Gasteiger charge is 2.36. The molecule has 0 aliphatic carbocycles. The van der Waals surface area contributed by atoms with Gasteiger partial charge in [0.1, 0.15) is 5.82 Å². The Balaban J connectivity index is 1.72. The van der Waals surface area contributed by atoms with Gasteiger partial charge in [0.25, 0.3) is 0 Å². The van der Waals surface area contributed by atoms with Crippen molar-refractivity contribution in [3.63, 3.8) is 0 Å². The van der Waals surface area contributed by atoms with E-state index in [9.17, 15) is 14.0 Å². The van der Waals surface area contributed by atoms with Gasteiger partial charge in [0, 0.05) is 18.7 Å². The monoisotopic (exact) mass is 323 g/mol. The largest absolute Gasteiger partial charge is 0.326 e. The molecule has 6 heteroatoms. The molecule has 1 heterocycles. The topological polar surface area (TPSA) is 73.2 Å². The standard InChI is InChI=1S/C18H14FN3O2/c19-15-6-1-2-7-16(15)22-11-13(9-17(22)23)18(24)21-14-5-3-4-12(8-14)10-20/h1-8,13H,9,11H2,(H,21,24)/t13-/m0/s1. The summed E-state index contributed by atoms with van der Waals surface area (Å²) < 4.78 is 13.8. The van der Waals surface area contributed by atoms with E-state index in [1.54, 1.807) is 36.4 Å². The van der Waals surface area contributed by atoms with E-state index in [-0.39, 0.29) is 30.5 Å². The van der Waals surface area contributed by atoms with Crippen LogP contribution < -0.4 is 10.2 Å². The van der Waals surface area contributed by atoms with Crippen LogP contribution in [0.25, 0.3) is 0 Å². The van der Waals surface area contributed by atoms with Crippen LogP contribution in [0.4, 0.5) is 15.8 Å². The number of halogens is 1. The Morgan fingerprint density at radius 2 is 2.04 bits per heavy atom. The summed E-state index contributed by atoms with van der Waals surface area (Å²) in [5.41, 5.74) is 1.11. The maximum absolute atomic E-state index is 13.8. The summed E-state index contributed by atoms with van der Waals surface area (Å²) in [5, 5.41) is 11.6. The van der Waals surface area contributed by atoms with E-state index in [0.717, 1.165) is 0 Å². The zero-order valence-electron chi connectivity index (χ0n) is 12.7. The van der Waals surface area contributed by atoms with Crippen LogP contribution in [0.1, 0.15) is 12.0 Å². The average molecular weight is 323 g/mol. The van der Waals surface area contributed by atoms with E-state index in [1.165, 1.54) is 17.0 Å². The molecule has 1 fully saturated rings. The first-order chi connectivity index (χ1) is 11.6. The van der Waals surface area contributed by atoms with Gasteiger partial charge >= 0.3 is 0 Å². The Labute approximate surface area is 138 Å². The lowest BCUT2D eigenvalue weighted by Crippen LogP contribution is -2.28.